The Morgan fingerprint density at radius 3 is 2.44 bits per heavy atom. The predicted molar refractivity (Wildman–Crippen MR) is 129 cm³/mol. The number of likely N-dealkylation sites (tertiary alicyclic amines) is 1. The van der Waals surface area contributed by atoms with Crippen molar-refractivity contribution in [3.8, 4) is 5.69 Å². The summed E-state index contributed by atoms with van der Waals surface area (Å²) < 4.78 is 2.07. The molecule has 4 aromatic rings. The summed E-state index contributed by atoms with van der Waals surface area (Å²) in [6.45, 7) is 5.79. The first kappa shape index (κ1) is 22.7. The molecular formula is C23H25ClN8OS. The average molecular weight is 497 g/mol. The molecule has 0 spiro atoms. The number of aromatic nitrogens is 7. The second-order valence-corrected chi connectivity index (χ2v) is 10.3. The van der Waals surface area contributed by atoms with Crippen LogP contribution in [-0.4, -0.2) is 58.6 Å². The van der Waals surface area contributed by atoms with Gasteiger partial charge in [-0.3, -0.25) is 9.36 Å². The maximum atomic E-state index is 12.9. The van der Waals surface area contributed by atoms with E-state index in [0.717, 1.165) is 45.8 Å². The molecule has 11 heteroatoms. The number of halogens is 1. The third-order valence-electron chi connectivity index (χ3n) is 6.12. The van der Waals surface area contributed by atoms with Crippen LogP contribution in [0.25, 0.3) is 5.69 Å². The minimum Gasteiger partial charge on any atom is -0.342 e. The van der Waals surface area contributed by atoms with Crippen molar-refractivity contribution in [1.29, 1.82) is 0 Å². The summed E-state index contributed by atoms with van der Waals surface area (Å²) in [4.78, 5) is 22.1. The SMILES string of the molecule is Cc1nc(CC(=O)N2CCC(c3nnc(Cn4nccn4)n3-c3ccc(Cl)cc3)CC2)c(C)s1. The molecule has 1 aliphatic rings. The fraction of sp³-hybridized carbons (Fsp3) is 0.391. The van der Waals surface area contributed by atoms with Crippen LogP contribution in [0.5, 0.6) is 0 Å². The first-order valence-electron chi connectivity index (χ1n) is 11.2. The Balaban J connectivity index is 1.34. The zero-order valence-electron chi connectivity index (χ0n) is 19.1. The van der Waals surface area contributed by atoms with E-state index in [1.807, 2.05) is 43.0 Å². The molecule has 1 aromatic carbocycles. The van der Waals surface area contributed by atoms with Gasteiger partial charge in [-0.25, -0.2) is 4.98 Å². The summed E-state index contributed by atoms with van der Waals surface area (Å²) in [5.41, 5.74) is 1.84. The first-order valence-corrected chi connectivity index (χ1v) is 12.4. The van der Waals surface area contributed by atoms with Gasteiger partial charge < -0.3 is 4.90 Å². The van der Waals surface area contributed by atoms with Crippen LogP contribution in [0.4, 0.5) is 0 Å². The standard InChI is InChI=1S/C23H25ClN8OS/c1-15-20(27-16(2)34-15)13-22(33)30-11-7-17(8-12-30)23-29-28-21(14-31-25-9-10-26-31)32(23)19-5-3-18(24)4-6-19/h3-6,9-10,17H,7-8,11-14H2,1-2H3. The number of aryl methyl sites for hydroxylation is 2. The molecule has 0 bridgehead atoms. The van der Waals surface area contributed by atoms with E-state index >= 15 is 0 Å². The highest BCUT2D eigenvalue weighted by Crippen LogP contribution is 2.30. The molecule has 34 heavy (non-hydrogen) atoms. The number of carbonyl (C=O) groups excluding carboxylic acids is 1. The molecule has 1 fully saturated rings. The number of hydrogen-bond donors (Lipinski definition) is 0. The lowest BCUT2D eigenvalue weighted by Gasteiger charge is -2.31. The molecule has 1 amide bonds. The van der Waals surface area contributed by atoms with E-state index in [0.29, 0.717) is 31.1 Å². The fourth-order valence-electron chi connectivity index (χ4n) is 4.40. The Morgan fingerprint density at radius 2 is 1.79 bits per heavy atom. The van der Waals surface area contributed by atoms with Crippen molar-refractivity contribution in [2.45, 2.75) is 45.6 Å². The molecule has 5 rings (SSSR count). The van der Waals surface area contributed by atoms with Gasteiger partial charge in [-0.05, 0) is 51.0 Å². The van der Waals surface area contributed by atoms with Crippen molar-refractivity contribution >= 4 is 28.8 Å². The maximum Gasteiger partial charge on any atom is 0.228 e. The molecule has 1 saturated heterocycles. The number of carbonyl (C=O) groups is 1. The number of rotatable bonds is 6. The minimum atomic E-state index is 0.136. The Bertz CT molecular complexity index is 1270. The van der Waals surface area contributed by atoms with Gasteiger partial charge in [0.05, 0.1) is 29.5 Å². The number of amides is 1. The maximum absolute atomic E-state index is 12.9. The van der Waals surface area contributed by atoms with Crippen LogP contribution in [0, 0.1) is 13.8 Å². The van der Waals surface area contributed by atoms with Gasteiger partial charge in [-0.15, -0.1) is 21.5 Å². The van der Waals surface area contributed by atoms with Crippen molar-refractivity contribution in [2.75, 3.05) is 13.1 Å². The molecular weight excluding hydrogens is 472 g/mol. The van der Waals surface area contributed by atoms with E-state index in [1.54, 1.807) is 28.5 Å². The van der Waals surface area contributed by atoms with Gasteiger partial charge in [-0.2, -0.15) is 15.0 Å². The summed E-state index contributed by atoms with van der Waals surface area (Å²) in [5.74, 6) is 1.97. The van der Waals surface area contributed by atoms with Crippen LogP contribution in [-0.2, 0) is 17.8 Å². The van der Waals surface area contributed by atoms with Crippen LogP contribution in [0.15, 0.2) is 36.7 Å². The Morgan fingerprint density at radius 1 is 1.09 bits per heavy atom. The topological polar surface area (TPSA) is 94.6 Å². The highest BCUT2D eigenvalue weighted by molar-refractivity contribution is 7.11. The van der Waals surface area contributed by atoms with E-state index in [9.17, 15) is 4.79 Å². The lowest BCUT2D eigenvalue weighted by atomic mass is 9.95. The Labute approximate surface area is 206 Å². The molecule has 4 heterocycles. The molecule has 0 unspecified atom stereocenters. The van der Waals surface area contributed by atoms with Gasteiger partial charge in [0.1, 0.15) is 12.4 Å². The smallest absolute Gasteiger partial charge is 0.228 e. The summed E-state index contributed by atoms with van der Waals surface area (Å²) >= 11 is 7.77. The molecule has 3 aromatic heterocycles. The number of thiazole rings is 1. The molecule has 176 valence electrons. The second kappa shape index (κ2) is 9.63. The summed E-state index contributed by atoms with van der Waals surface area (Å²) in [5, 5.41) is 19.1. The molecule has 0 saturated carbocycles. The van der Waals surface area contributed by atoms with Gasteiger partial charge >= 0.3 is 0 Å². The summed E-state index contributed by atoms with van der Waals surface area (Å²) in [7, 11) is 0. The molecule has 0 aliphatic carbocycles. The molecule has 9 nitrogen and oxygen atoms in total. The van der Waals surface area contributed by atoms with Crippen LogP contribution in [0.2, 0.25) is 5.02 Å². The zero-order chi connectivity index (χ0) is 23.7. The van der Waals surface area contributed by atoms with Crippen LogP contribution < -0.4 is 0 Å². The first-order chi connectivity index (χ1) is 16.5. The highest BCUT2D eigenvalue weighted by atomic mass is 35.5. The van der Waals surface area contributed by atoms with Gasteiger partial charge in [-0.1, -0.05) is 11.6 Å². The lowest BCUT2D eigenvalue weighted by Crippen LogP contribution is -2.39. The van der Waals surface area contributed by atoms with Gasteiger partial charge in [0.25, 0.3) is 0 Å². The molecule has 1 aliphatic heterocycles. The number of piperidine rings is 1. The Hall–Kier alpha value is -3.11. The van der Waals surface area contributed by atoms with Crippen molar-refractivity contribution in [2.24, 2.45) is 0 Å². The number of nitrogens with zero attached hydrogens (tertiary/aromatic N) is 8. The third kappa shape index (κ3) is 4.74. The number of hydrogen-bond acceptors (Lipinski definition) is 7. The van der Waals surface area contributed by atoms with E-state index in [4.69, 9.17) is 11.6 Å². The van der Waals surface area contributed by atoms with Gasteiger partial charge in [0.15, 0.2) is 5.82 Å². The third-order valence-corrected chi connectivity index (χ3v) is 7.30. The monoisotopic (exact) mass is 496 g/mol. The van der Waals surface area contributed by atoms with E-state index in [1.165, 1.54) is 0 Å². The lowest BCUT2D eigenvalue weighted by molar-refractivity contribution is -0.131. The average Bonchev–Trinajstić information content (AvgIpc) is 3.56. The van der Waals surface area contributed by atoms with Crippen molar-refractivity contribution in [3.63, 3.8) is 0 Å². The van der Waals surface area contributed by atoms with Crippen LogP contribution in [0.1, 0.15) is 46.0 Å². The van der Waals surface area contributed by atoms with Crippen molar-refractivity contribution in [1.82, 2.24) is 39.6 Å². The van der Waals surface area contributed by atoms with Crippen molar-refractivity contribution < 1.29 is 4.79 Å². The predicted octanol–water partition coefficient (Wildman–Crippen LogP) is 3.58. The van der Waals surface area contributed by atoms with Crippen LogP contribution >= 0.6 is 22.9 Å². The van der Waals surface area contributed by atoms with E-state index in [2.05, 4.69) is 29.9 Å². The van der Waals surface area contributed by atoms with Crippen LogP contribution in [0.3, 0.4) is 0 Å². The summed E-state index contributed by atoms with van der Waals surface area (Å²) in [6.07, 6.45) is 5.30. The normalized spacial score (nSPS) is 14.6. The quantitative estimate of drug-likeness (QED) is 0.405. The summed E-state index contributed by atoms with van der Waals surface area (Å²) in [6, 6.07) is 7.65. The fourth-order valence-corrected chi connectivity index (χ4v) is 5.36. The molecule has 0 N–H and O–H groups in total. The van der Waals surface area contributed by atoms with E-state index in [-0.39, 0.29) is 11.8 Å². The zero-order valence-corrected chi connectivity index (χ0v) is 20.6. The largest absolute Gasteiger partial charge is 0.342 e. The van der Waals surface area contributed by atoms with E-state index < -0.39 is 0 Å². The molecule has 0 radical (unpaired) electrons. The number of benzene rings is 1. The highest BCUT2D eigenvalue weighted by Gasteiger charge is 2.29. The Kier molecular flexibility index (Phi) is 6.42. The van der Waals surface area contributed by atoms with Crippen molar-refractivity contribution in [3.05, 3.63) is 68.9 Å². The minimum absolute atomic E-state index is 0.136. The van der Waals surface area contributed by atoms with Gasteiger partial charge in [0, 0.05) is 34.6 Å². The second-order valence-electron chi connectivity index (χ2n) is 8.41. The van der Waals surface area contributed by atoms with Gasteiger partial charge in [0.2, 0.25) is 5.91 Å². The molecule has 0 atom stereocenters.